The fraction of sp³-hybridized carbons (Fsp3) is 0.385. The van der Waals surface area contributed by atoms with E-state index in [9.17, 15) is 14.0 Å². The molecule has 0 saturated heterocycles. The van der Waals surface area contributed by atoms with Crippen molar-refractivity contribution in [2.45, 2.75) is 33.3 Å². The molecule has 98 valence electrons. The van der Waals surface area contributed by atoms with Gasteiger partial charge in [0.2, 0.25) is 0 Å². The zero-order chi connectivity index (χ0) is 13.9. The van der Waals surface area contributed by atoms with Crippen LogP contribution in [0.4, 0.5) is 14.9 Å². The van der Waals surface area contributed by atoms with Gasteiger partial charge in [0.1, 0.15) is 11.4 Å². The lowest BCUT2D eigenvalue weighted by Crippen LogP contribution is -2.27. The highest BCUT2D eigenvalue weighted by atomic mass is 19.1. The second-order valence-electron chi connectivity index (χ2n) is 4.88. The normalized spacial score (nSPS) is 10.9. The number of ketones is 1. The Balaban J connectivity index is 2.83. The second kappa shape index (κ2) is 5.16. The number of carbonyl (C=O) groups is 2. The molecule has 0 radical (unpaired) electrons. The van der Waals surface area contributed by atoms with E-state index >= 15 is 0 Å². The van der Waals surface area contributed by atoms with Gasteiger partial charge in [-0.05, 0) is 45.9 Å². The van der Waals surface area contributed by atoms with Crippen molar-refractivity contribution in [1.29, 1.82) is 0 Å². The zero-order valence-corrected chi connectivity index (χ0v) is 10.8. The Labute approximate surface area is 105 Å². The minimum Gasteiger partial charge on any atom is -0.444 e. The van der Waals surface area contributed by atoms with E-state index in [1.54, 1.807) is 20.8 Å². The van der Waals surface area contributed by atoms with E-state index in [0.29, 0.717) is 5.69 Å². The Kier molecular flexibility index (Phi) is 4.06. The summed E-state index contributed by atoms with van der Waals surface area (Å²) in [6.45, 7) is 6.46. The summed E-state index contributed by atoms with van der Waals surface area (Å²) in [6.07, 6.45) is -0.649. The molecule has 0 atom stereocenters. The lowest BCUT2D eigenvalue weighted by molar-refractivity contribution is 0.0635. The van der Waals surface area contributed by atoms with Crippen LogP contribution in [0.25, 0.3) is 0 Å². The number of amides is 1. The number of hydrogen-bond donors (Lipinski definition) is 1. The first-order valence-electron chi connectivity index (χ1n) is 5.49. The molecule has 5 heteroatoms. The van der Waals surface area contributed by atoms with Gasteiger partial charge in [0.15, 0.2) is 5.78 Å². The third-order valence-electron chi connectivity index (χ3n) is 1.99. The van der Waals surface area contributed by atoms with Crippen LogP contribution >= 0.6 is 0 Å². The van der Waals surface area contributed by atoms with E-state index in [1.165, 1.54) is 19.1 Å². The van der Waals surface area contributed by atoms with E-state index in [-0.39, 0.29) is 5.56 Å². The molecule has 0 aliphatic carbocycles. The van der Waals surface area contributed by atoms with Gasteiger partial charge < -0.3 is 4.74 Å². The monoisotopic (exact) mass is 253 g/mol. The highest BCUT2D eigenvalue weighted by Crippen LogP contribution is 2.16. The van der Waals surface area contributed by atoms with Crippen LogP contribution in [0, 0.1) is 5.82 Å². The van der Waals surface area contributed by atoms with Crippen molar-refractivity contribution >= 4 is 17.6 Å². The molecular weight excluding hydrogens is 237 g/mol. The van der Waals surface area contributed by atoms with Gasteiger partial charge in [-0.1, -0.05) is 0 Å². The Morgan fingerprint density at radius 1 is 1.28 bits per heavy atom. The molecule has 1 aromatic rings. The average Bonchev–Trinajstić information content (AvgIpc) is 2.17. The first kappa shape index (κ1) is 14.2. The molecule has 0 aliphatic rings. The lowest BCUT2D eigenvalue weighted by Gasteiger charge is -2.19. The highest BCUT2D eigenvalue weighted by Gasteiger charge is 2.17. The number of anilines is 1. The summed E-state index contributed by atoms with van der Waals surface area (Å²) >= 11 is 0. The number of carbonyl (C=O) groups excluding carboxylic acids is 2. The minimum absolute atomic E-state index is 0.0661. The number of nitrogens with one attached hydrogen (secondary N) is 1. The first-order valence-corrected chi connectivity index (χ1v) is 5.49. The maximum atomic E-state index is 13.3. The highest BCUT2D eigenvalue weighted by molar-refractivity contribution is 5.96. The van der Waals surface area contributed by atoms with Crippen LogP contribution in [0.5, 0.6) is 0 Å². The van der Waals surface area contributed by atoms with Gasteiger partial charge >= 0.3 is 6.09 Å². The van der Waals surface area contributed by atoms with Crippen LogP contribution in [-0.4, -0.2) is 17.5 Å². The van der Waals surface area contributed by atoms with Crippen molar-refractivity contribution in [2.75, 3.05) is 5.32 Å². The fourth-order valence-corrected chi connectivity index (χ4v) is 1.29. The predicted octanol–water partition coefficient (Wildman–Crippen LogP) is 3.38. The number of halogens is 1. The summed E-state index contributed by atoms with van der Waals surface area (Å²) < 4.78 is 18.3. The number of Topliss-reactive ketones (excluding diaryl/α,β-unsaturated/α-hetero) is 1. The molecule has 1 aromatic carbocycles. The Morgan fingerprint density at radius 2 is 1.89 bits per heavy atom. The molecule has 1 amide bonds. The first-order chi connectivity index (χ1) is 8.19. The topological polar surface area (TPSA) is 55.4 Å². The number of rotatable bonds is 2. The summed E-state index contributed by atoms with van der Waals surface area (Å²) in [4.78, 5) is 22.6. The Bertz CT molecular complexity index is 478. The molecule has 0 saturated carbocycles. The third kappa shape index (κ3) is 4.16. The van der Waals surface area contributed by atoms with Gasteiger partial charge in [0, 0.05) is 5.69 Å². The molecule has 0 spiro atoms. The van der Waals surface area contributed by atoms with Gasteiger partial charge in [0.05, 0.1) is 5.56 Å². The van der Waals surface area contributed by atoms with Crippen molar-refractivity contribution in [2.24, 2.45) is 0 Å². The second-order valence-corrected chi connectivity index (χ2v) is 4.88. The van der Waals surface area contributed by atoms with Crippen LogP contribution in [0.1, 0.15) is 38.1 Å². The average molecular weight is 253 g/mol. The molecular formula is C13H16FNO3. The number of hydrogen-bond acceptors (Lipinski definition) is 3. The van der Waals surface area contributed by atoms with Crippen LogP contribution < -0.4 is 5.32 Å². The SMILES string of the molecule is CC(=O)c1cc(NC(=O)OC(C)(C)C)ccc1F. The number of ether oxygens (including phenoxy) is 1. The third-order valence-corrected chi connectivity index (χ3v) is 1.99. The molecule has 0 bridgehead atoms. The van der Waals surface area contributed by atoms with Crippen LogP contribution in [0.2, 0.25) is 0 Å². The van der Waals surface area contributed by atoms with Crippen molar-refractivity contribution in [3.63, 3.8) is 0 Å². The molecule has 1 N–H and O–H groups in total. The summed E-state index contributed by atoms with van der Waals surface area (Å²) in [5, 5.41) is 2.44. The molecule has 4 nitrogen and oxygen atoms in total. The molecule has 1 rings (SSSR count). The predicted molar refractivity (Wildman–Crippen MR) is 66.3 cm³/mol. The summed E-state index contributed by atoms with van der Waals surface area (Å²) in [5.41, 5.74) is -0.368. The van der Waals surface area contributed by atoms with Gasteiger partial charge in [-0.2, -0.15) is 0 Å². The molecule has 0 aromatic heterocycles. The summed E-state index contributed by atoms with van der Waals surface area (Å²) in [7, 11) is 0. The van der Waals surface area contributed by atoms with Crippen molar-refractivity contribution in [3.05, 3.63) is 29.6 Å². The van der Waals surface area contributed by atoms with Crippen LogP contribution in [-0.2, 0) is 4.74 Å². The smallest absolute Gasteiger partial charge is 0.412 e. The quantitative estimate of drug-likeness (QED) is 0.822. The maximum Gasteiger partial charge on any atom is 0.412 e. The van der Waals surface area contributed by atoms with E-state index in [0.717, 1.165) is 6.07 Å². The molecule has 0 unspecified atom stereocenters. The van der Waals surface area contributed by atoms with Gasteiger partial charge in [-0.25, -0.2) is 9.18 Å². The number of benzene rings is 1. The van der Waals surface area contributed by atoms with Crippen molar-refractivity contribution < 1.29 is 18.7 Å². The zero-order valence-electron chi connectivity index (χ0n) is 10.8. The Morgan fingerprint density at radius 3 is 2.39 bits per heavy atom. The van der Waals surface area contributed by atoms with Gasteiger partial charge in [-0.15, -0.1) is 0 Å². The molecule has 18 heavy (non-hydrogen) atoms. The van der Waals surface area contributed by atoms with E-state index in [1.807, 2.05) is 0 Å². The van der Waals surface area contributed by atoms with E-state index < -0.39 is 23.3 Å². The standard InChI is InChI=1S/C13H16FNO3/c1-8(16)10-7-9(5-6-11(10)14)15-12(17)18-13(2,3)4/h5-7H,1-4H3,(H,15,17). The largest absolute Gasteiger partial charge is 0.444 e. The van der Waals surface area contributed by atoms with Gasteiger partial charge in [0.25, 0.3) is 0 Å². The van der Waals surface area contributed by atoms with Crippen LogP contribution in [0.3, 0.4) is 0 Å². The van der Waals surface area contributed by atoms with Gasteiger partial charge in [-0.3, -0.25) is 10.1 Å². The van der Waals surface area contributed by atoms with Crippen molar-refractivity contribution in [3.8, 4) is 0 Å². The van der Waals surface area contributed by atoms with E-state index in [2.05, 4.69) is 5.32 Å². The molecule has 0 aliphatic heterocycles. The lowest BCUT2D eigenvalue weighted by atomic mass is 10.1. The van der Waals surface area contributed by atoms with Crippen LogP contribution in [0.15, 0.2) is 18.2 Å². The fourth-order valence-electron chi connectivity index (χ4n) is 1.29. The van der Waals surface area contributed by atoms with E-state index in [4.69, 9.17) is 4.74 Å². The Hall–Kier alpha value is -1.91. The molecule has 0 fully saturated rings. The maximum absolute atomic E-state index is 13.3. The van der Waals surface area contributed by atoms with Crippen molar-refractivity contribution in [1.82, 2.24) is 0 Å². The summed E-state index contributed by atoms with van der Waals surface area (Å²) in [5.74, 6) is -1.02. The summed E-state index contributed by atoms with van der Waals surface area (Å²) in [6, 6.07) is 3.77. The minimum atomic E-state index is -0.649. The molecule has 0 heterocycles.